The van der Waals surface area contributed by atoms with Gasteiger partial charge in [-0.1, -0.05) is 33.6 Å². The molecule has 0 aliphatic rings. The van der Waals surface area contributed by atoms with Gasteiger partial charge in [-0.2, -0.15) is 0 Å². The predicted molar refractivity (Wildman–Crippen MR) is 116 cm³/mol. The minimum Gasteiger partial charge on any atom is -0.326 e. The first-order valence-corrected chi connectivity index (χ1v) is 10.0. The average molecular weight is 459 g/mol. The van der Waals surface area contributed by atoms with Crippen LogP contribution in [0, 0.1) is 0 Å². The van der Waals surface area contributed by atoms with Crippen molar-refractivity contribution in [2.45, 2.75) is 19.4 Å². The minimum absolute atomic E-state index is 0.0640. The fourth-order valence-corrected chi connectivity index (χ4v) is 3.88. The molecule has 5 nitrogen and oxygen atoms in total. The molecular formula is C21H17BrClN3O2. The SMILES string of the molecule is O=C(CCCn1c(=O)c2cccn2c2ccc(Br)cc21)Nc1cccc(Cl)c1. The number of nitrogens with one attached hydrogen (secondary N) is 1. The molecule has 0 fully saturated rings. The van der Waals surface area contributed by atoms with Crippen molar-refractivity contribution in [3.05, 3.63) is 80.6 Å². The van der Waals surface area contributed by atoms with Crippen molar-refractivity contribution in [3.63, 3.8) is 0 Å². The summed E-state index contributed by atoms with van der Waals surface area (Å²) in [7, 11) is 0. The first kappa shape index (κ1) is 18.8. The Hall–Kier alpha value is -2.57. The predicted octanol–water partition coefficient (Wildman–Crippen LogP) is 5.09. The van der Waals surface area contributed by atoms with Gasteiger partial charge in [0.15, 0.2) is 0 Å². The van der Waals surface area contributed by atoms with Crippen LogP contribution in [0.25, 0.3) is 16.6 Å². The number of amides is 1. The quantitative estimate of drug-likeness (QED) is 0.453. The zero-order valence-corrected chi connectivity index (χ0v) is 17.2. The van der Waals surface area contributed by atoms with Crippen LogP contribution in [0.15, 0.2) is 70.1 Å². The molecule has 142 valence electrons. The second-order valence-electron chi connectivity index (χ2n) is 6.52. The van der Waals surface area contributed by atoms with Gasteiger partial charge in [0.05, 0.1) is 11.0 Å². The topological polar surface area (TPSA) is 55.5 Å². The highest BCUT2D eigenvalue weighted by atomic mass is 79.9. The zero-order valence-electron chi connectivity index (χ0n) is 14.9. The van der Waals surface area contributed by atoms with Crippen LogP contribution in [-0.4, -0.2) is 14.9 Å². The molecular weight excluding hydrogens is 442 g/mol. The van der Waals surface area contributed by atoms with Crippen molar-refractivity contribution in [1.29, 1.82) is 0 Å². The molecule has 0 saturated heterocycles. The summed E-state index contributed by atoms with van der Waals surface area (Å²) in [4.78, 5) is 25.2. The molecule has 28 heavy (non-hydrogen) atoms. The van der Waals surface area contributed by atoms with E-state index in [1.165, 1.54) is 0 Å². The van der Waals surface area contributed by atoms with Crippen LogP contribution in [0.5, 0.6) is 0 Å². The molecule has 0 saturated carbocycles. The third kappa shape index (κ3) is 3.70. The van der Waals surface area contributed by atoms with Gasteiger partial charge in [0, 0.05) is 34.3 Å². The number of hydrogen-bond acceptors (Lipinski definition) is 2. The number of benzene rings is 2. The Morgan fingerprint density at radius 3 is 2.71 bits per heavy atom. The van der Waals surface area contributed by atoms with Crippen molar-refractivity contribution >= 4 is 55.7 Å². The maximum absolute atomic E-state index is 12.9. The molecule has 2 aromatic carbocycles. The summed E-state index contributed by atoms with van der Waals surface area (Å²) in [5, 5.41) is 3.40. The summed E-state index contributed by atoms with van der Waals surface area (Å²) in [6.07, 6.45) is 2.74. The molecule has 0 bridgehead atoms. The third-order valence-electron chi connectivity index (χ3n) is 4.59. The summed E-state index contributed by atoms with van der Waals surface area (Å²) in [5.41, 5.74) is 3.01. The number of rotatable bonds is 5. The Morgan fingerprint density at radius 2 is 1.89 bits per heavy atom. The van der Waals surface area contributed by atoms with Gasteiger partial charge in [-0.25, -0.2) is 0 Å². The van der Waals surface area contributed by atoms with Crippen LogP contribution in [0.3, 0.4) is 0 Å². The van der Waals surface area contributed by atoms with Crippen molar-refractivity contribution < 1.29 is 4.79 Å². The van der Waals surface area contributed by atoms with E-state index in [2.05, 4.69) is 21.2 Å². The lowest BCUT2D eigenvalue weighted by Gasteiger charge is -2.13. The van der Waals surface area contributed by atoms with E-state index in [9.17, 15) is 9.59 Å². The molecule has 0 radical (unpaired) electrons. The first-order valence-electron chi connectivity index (χ1n) is 8.87. The summed E-state index contributed by atoms with van der Waals surface area (Å²) in [6, 6.07) is 16.6. The Morgan fingerprint density at radius 1 is 1.04 bits per heavy atom. The van der Waals surface area contributed by atoms with Gasteiger partial charge in [-0.3, -0.25) is 9.59 Å². The van der Waals surface area contributed by atoms with Crippen molar-refractivity contribution in [2.24, 2.45) is 0 Å². The van der Waals surface area contributed by atoms with Crippen molar-refractivity contribution in [3.8, 4) is 0 Å². The number of hydrogen-bond donors (Lipinski definition) is 1. The molecule has 4 rings (SSSR count). The zero-order chi connectivity index (χ0) is 19.7. The maximum Gasteiger partial charge on any atom is 0.275 e. The minimum atomic E-state index is -0.107. The van der Waals surface area contributed by atoms with E-state index in [0.717, 1.165) is 15.5 Å². The van der Waals surface area contributed by atoms with Gasteiger partial charge < -0.3 is 14.3 Å². The summed E-state index contributed by atoms with van der Waals surface area (Å²) in [5.74, 6) is -0.107. The fourth-order valence-electron chi connectivity index (χ4n) is 3.34. The molecule has 7 heteroatoms. The number of aromatic nitrogens is 2. The van der Waals surface area contributed by atoms with Crippen molar-refractivity contribution in [2.75, 3.05) is 5.32 Å². The fraction of sp³-hybridized carbons (Fsp3) is 0.143. The van der Waals surface area contributed by atoms with Crippen LogP contribution in [0.4, 0.5) is 5.69 Å². The molecule has 0 atom stereocenters. The molecule has 0 spiro atoms. The Kier molecular flexibility index (Phi) is 5.24. The number of anilines is 1. The molecule has 1 amide bonds. The number of nitrogens with zero attached hydrogens (tertiary/aromatic N) is 2. The molecule has 2 heterocycles. The van der Waals surface area contributed by atoms with E-state index in [1.54, 1.807) is 28.8 Å². The Balaban J connectivity index is 1.55. The Labute approximate surface area is 174 Å². The van der Waals surface area contributed by atoms with Crippen LogP contribution in [0.1, 0.15) is 12.8 Å². The first-order chi connectivity index (χ1) is 13.5. The maximum atomic E-state index is 12.9. The van der Waals surface area contributed by atoms with Gasteiger partial charge >= 0.3 is 0 Å². The number of carbonyl (C=O) groups is 1. The summed E-state index contributed by atoms with van der Waals surface area (Å²) < 4.78 is 4.53. The third-order valence-corrected chi connectivity index (χ3v) is 5.32. The second kappa shape index (κ2) is 7.81. The molecule has 2 aromatic heterocycles. The number of halogens is 2. The van der Waals surface area contributed by atoms with Crippen LogP contribution >= 0.6 is 27.5 Å². The van der Waals surface area contributed by atoms with Gasteiger partial charge in [0.1, 0.15) is 5.52 Å². The van der Waals surface area contributed by atoms with E-state index < -0.39 is 0 Å². The molecule has 0 aliphatic carbocycles. The number of fused-ring (bicyclic) bond motifs is 3. The van der Waals surface area contributed by atoms with Crippen molar-refractivity contribution in [1.82, 2.24) is 8.97 Å². The molecule has 0 aliphatic heterocycles. The largest absolute Gasteiger partial charge is 0.326 e. The Bertz CT molecular complexity index is 1250. The molecule has 1 N–H and O–H groups in total. The summed E-state index contributed by atoms with van der Waals surface area (Å²) >= 11 is 9.42. The molecule has 0 unspecified atom stereocenters. The summed E-state index contributed by atoms with van der Waals surface area (Å²) in [6.45, 7) is 0.455. The monoisotopic (exact) mass is 457 g/mol. The lowest BCUT2D eigenvalue weighted by Crippen LogP contribution is -2.23. The van der Waals surface area contributed by atoms with E-state index in [4.69, 9.17) is 11.6 Å². The van der Waals surface area contributed by atoms with E-state index in [1.807, 2.05) is 40.9 Å². The molecule has 4 aromatic rings. The van der Waals surface area contributed by atoms with E-state index in [0.29, 0.717) is 35.6 Å². The van der Waals surface area contributed by atoms with Crippen LogP contribution in [0.2, 0.25) is 5.02 Å². The van der Waals surface area contributed by atoms with E-state index in [-0.39, 0.29) is 11.5 Å². The van der Waals surface area contributed by atoms with Gasteiger partial charge in [0.25, 0.3) is 5.56 Å². The lowest BCUT2D eigenvalue weighted by molar-refractivity contribution is -0.116. The number of carbonyl (C=O) groups excluding carboxylic acids is 1. The van der Waals surface area contributed by atoms with Gasteiger partial charge in [-0.05, 0) is 55.0 Å². The smallest absolute Gasteiger partial charge is 0.275 e. The van der Waals surface area contributed by atoms with Crippen LogP contribution in [-0.2, 0) is 11.3 Å². The highest BCUT2D eigenvalue weighted by molar-refractivity contribution is 9.10. The average Bonchev–Trinajstić information content (AvgIpc) is 3.14. The highest BCUT2D eigenvalue weighted by Gasteiger charge is 2.11. The lowest BCUT2D eigenvalue weighted by atomic mass is 10.2. The second-order valence-corrected chi connectivity index (χ2v) is 7.87. The number of aryl methyl sites for hydroxylation is 1. The van der Waals surface area contributed by atoms with E-state index >= 15 is 0 Å². The standard InChI is InChI=1S/C21H17BrClN3O2/c22-14-8-9-17-19(12-14)26(21(28)18-6-2-10-25(17)18)11-3-7-20(27)24-16-5-1-4-15(23)13-16/h1-2,4-6,8-10,12-13H,3,7,11H2,(H,24,27). The van der Waals surface area contributed by atoms with Gasteiger partial charge in [0.2, 0.25) is 5.91 Å². The van der Waals surface area contributed by atoms with Crippen LogP contribution < -0.4 is 10.9 Å². The normalized spacial score (nSPS) is 11.2. The highest BCUT2D eigenvalue weighted by Crippen LogP contribution is 2.21. The van der Waals surface area contributed by atoms with Gasteiger partial charge in [-0.15, -0.1) is 0 Å².